The van der Waals surface area contributed by atoms with Gasteiger partial charge in [0, 0.05) is 0 Å². The summed E-state index contributed by atoms with van der Waals surface area (Å²) in [5.41, 5.74) is 6.71. The van der Waals surface area contributed by atoms with E-state index in [1.54, 1.807) is 32.0 Å². The van der Waals surface area contributed by atoms with Crippen molar-refractivity contribution in [2.24, 2.45) is 17.6 Å². The molecule has 1 rings (SSSR count). The molecule has 130 valence electrons. The molecule has 0 aliphatic rings. The van der Waals surface area contributed by atoms with Gasteiger partial charge in [-0.05, 0) is 30.0 Å². The van der Waals surface area contributed by atoms with Gasteiger partial charge in [-0.3, -0.25) is 4.79 Å². The number of halogens is 2. The van der Waals surface area contributed by atoms with Crippen LogP contribution in [-0.4, -0.2) is 34.9 Å². The zero-order chi connectivity index (χ0) is 17.6. The summed E-state index contributed by atoms with van der Waals surface area (Å²) in [7, 11) is 0. The van der Waals surface area contributed by atoms with Crippen LogP contribution in [0.5, 0.6) is 0 Å². The summed E-state index contributed by atoms with van der Waals surface area (Å²) in [6.07, 6.45) is -0.836. The largest absolute Gasteiger partial charge is 0.481 e. The van der Waals surface area contributed by atoms with Gasteiger partial charge in [-0.2, -0.15) is 0 Å². The first-order valence-corrected chi connectivity index (χ1v) is 8.16. The lowest BCUT2D eigenvalue weighted by atomic mass is 9.88. The smallest absolute Gasteiger partial charge is 0.306 e. The average Bonchev–Trinajstić information content (AvgIpc) is 2.47. The Balaban J connectivity index is 2.44. The molecule has 3 unspecified atom stereocenters. The zero-order valence-corrected chi connectivity index (χ0v) is 14.7. The van der Waals surface area contributed by atoms with Gasteiger partial charge in [-0.25, -0.2) is 0 Å². The number of hydrogen-bond acceptors (Lipinski definition) is 4. The normalized spacial score (nSPS) is 15.4. The van der Waals surface area contributed by atoms with Crippen molar-refractivity contribution in [3.05, 3.63) is 33.8 Å². The molecule has 1 aromatic rings. The topological polar surface area (TPSA) is 92.8 Å². The van der Waals surface area contributed by atoms with E-state index in [4.69, 9.17) is 38.8 Å². The Hall–Kier alpha value is -0.850. The molecule has 23 heavy (non-hydrogen) atoms. The lowest BCUT2D eigenvalue weighted by molar-refractivity contribution is -0.144. The quantitative estimate of drug-likeness (QED) is 0.627. The van der Waals surface area contributed by atoms with E-state index in [2.05, 4.69) is 0 Å². The molecule has 3 atom stereocenters. The minimum atomic E-state index is -0.938. The fraction of sp³-hybridized carbons (Fsp3) is 0.562. The lowest BCUT2D eigenvalue weighted by Crippen LogP contribution is -2.41. The van der Waals surface area contributed by atoms with Crippen molar-refractivity contribution in [2.45, 2.75) is 39.0 Å². The van der Waals surface area contributed by atoms with Gasteiger partial charge in [0.2, 0.25) is 0 Å². The zero-order valence-electron chi connectivity index (χ0n) is 13.2. The van der Waals surface area contributed by atoms with Crippen molar-refractivity contribution in [3.8, 4) is 0 Å². The summed E-state index contributed by atoms with van der Waals surface area (Å²) in [4.78, 5) is 11.2. The maximum atomic E-state index is 11.2. The third kappa shape index (κ3) is 6.65. The number of ether oxygens (including phenoxy) is 1. The summed E-state index contributed by atoms with van der Waals surface area (Å²) in [5, 5.41) is 20.1. The molecule has 1 aromatic carbocycles. The standard InChI is InChI=1S/C16H23Cl2NO4/c1-9(2)11(16(21)22)6-15(20)14(19)8-23-7-10-3-4-12(17)13(18)5-10/h3-5,9,11,14-15,20H,6-8,19H2,1-2H3,(H,21,22). The highest BCUT2D eigenvalue weighted by atomic mass is 35.5. The fourth-order valence-corrected chi connectivity index (χ4v) is 2.47. The van der Waals surface area contributed by atoms with Crippen LogP contribution in [0.1, 0.15) is 25.8 Å². The van der Waals surface area contributed by atoms with Gasteiger partial charge in [0.25, 0.3) is 0 Å². The molecule has 0 aliphatic carbocycles. The van der Waals surface area contributed by atoms with E-state index in [1.165, 1.54) is 0 Å². The number of rotatable bonds is 9. The highest BCUT2D eigenvalue weighted by Gasteiger charge is 2.27. The molecule has 0 saturated carbocycles. The summed E-state index contributed by atoms with van der Waals surface area (Å²) < 4.78 is 5.47. The third-order valence-corrected chi connectivity index (χ3v) is 4.41. The molecule has 0 saturated heterocycles. The summed E-state index contributed by atoms with van der Waals surface area (Å²) >= 11 is 11.7. The number of nitrogens with two attached hydrogens (primary N) is 1. The first-order valence-electron chi connectivity index (χ1n) is 7.40. The average molecular weight is 364 g/mol. The number of carboxylic acid groups (broad SMARTS) is 1. The van der Waals surface area contributed by atoms with Crippen molar-refractivity contribution in [2.75, 3.05) is 6.61 Å². The number of carboxylic acids is 1. The van der Waals surface area contributed by atoms with Gasteiger partial charge in [0.05, 0.1) is 41.3 Å². The minimum absolute atomic E-state index is 0.0773. The van der Waals surface area contributed by atoms with Gasteiger partial charge in [0.1, 0.15) is 0 Å². The highest BCUT2D eigenvalue weighted by molar-refractivity contribution is 6.42. The van der Waals surface area contributed by atoms with Crippen LogP contribution < -0.4 is 5.73 Å². The van der Waals surface area contributed by atoms with Crippen LogP contribution in [0.3, 0.4) is 0 Å². The molecule has 0 radical (unpaired) electrons. The van der Waals surface area contributed by atoms with Crippen LogP contribution in [0.25, 0.3) is 0 Å². The van der Waals surface area contributed by atoms with Crippen molar-refractivity contribution in [1.82, 2.24) is 0 Å². The Bertz CT molecular complexity index is 525. The molecular formula is C16H23Cl2NO4. The van der Waals surface area contributed by atoms with Crippen LogP contribution in [0.4, 0.5) is 0 Å². The number of aliphatic hydroxyl groups excluding tert-OH is 1. The molecule has 0 fully saturated rings. The van der Waals surface area contributed by atoms with Crippen LogP contribution in [-0.2, 0) is 16.1 Å². The number of hydrogen-bond donors (Lipinski definition) is 3. The predicted molar refractivity (Wildman–Crippen MR) is 90.7 cm³/mol. The van der Waals surface area contributed by atoms with Gasteiger partial charge in [-0.1, -0.05) is 43.1 Å². The van der Waals surface area contributed by atoms with E-state index >= 15 is 0 Å². The maximum absolute atomic E-state index is 11.2. The van der Waals surface area contributed by atoms with E-state index in [9.17, 15) is 9.90 Å². The summed E-state index contributed by atoms with van der Waals surface area (Å²) in [6, 6.07) is 4.51. The second-order valence-electron chi connectivity index (χ2n) is 5.92. The van der Waals surface area contributed by atoms with Gasteiger partial charge < -0.3 is 20.7 Å². The molecule has 0 heterocycles. The van der Waals surface area contributed by atoms with E-state index < -0.39 is 24.0 Å². The number of benzene rings is 1. The summed E-state index contributed by atoms with van der Waals surface area (Å²) in [5.74, 6) is -1.64. The molecule has 0 spiro atoms. The minimum Gasteiger partial charge on any atom is -0.481 e. The molecule has 4 N–H and O–H groups in total. The Morgan fingerprint density at radius 1 is 1.30 bits per heavy atom. The molecule has 0 bridgehead atoms. The molecule has 7 heteroatoms. The molecule has 0 aliphatic heterocycles. The number of carbonyl (C=O) groups is 1. The predicted octanol–water partition coefficient (Wildman–Crippen LogP) is 2.95. The van der Waals surface area contributed by atoms with Crippen molar-refractivity contribution < 1.29 is 19.7 Å². The molecule has 0 aromatic heterocycles. The SMILES string of the molecule is CC(C)C(CC(O)C(N)COCc1ccc(Cl)c(Cl)c1)C(=O)O. The Kier molecular flexibility index (Phi) is 8.29. The van der Waals surface area contributed by atoms with Crippen molar-refractivity contribution in [1.29, 1.82) is 0 Å². The second kappa shape index (κ2) is 9.45. The third-order valence-electron chi connectivity index (χ3n) is 3.67. The number of aliphatic carboxylic acids is 1. The van der Waals surface area contributed by atoms with E-state index in [0.717, 1.165) is 5.56 Å². The Morgan fingerprint density at radius 2 is 1.96 bits per heavy atom. The Labute approximate surface area is 146 Å². The monoisotopic (exact) mass is 363 g/mol. The van der Waals surface area contributed by atoms with Gasteiger partial charge in [-0.15, -0.1) is 0 Å². The highest BCUT2D eigenvalue weighted by Crippen LogP contribution is 2.23. The summed E-state index contributed by atoms with van der Waals surface area (Å²) in [6.45, 7) is 4.01. The lowest BCUT2D eigenvalue weighted by Gasteiger charge is -2.24. The van der Waals surface area contributed by atoms with E-state index in [0.29, 0.717) is 10.0 Å². The first kappa shape index (κ1) is 20.2. The fourth-order valence-electron chi connectivity index (χ4n) is 2.15. The molecular weight excluding hydrogens is 341 g/mol. The van der Waals surface area contributed by atoms with Crippen LogP contribution in [0, 0.1) is 11.8 Å². The van der Waals surface area contributed by atoms with Crippen molar-refractivity contribution in [3.63, 3.8) is 0 Å². The first-order chi connectivity index (χ1) is 10.7. The Morgan fingerprint density at radius 3 is 2.48 bits per heavy atom. The second-order valence-corrected chi connectivity index (χ2v) is 6.73. The van der Waals surface area contributed by atoms with Gasteiger partial charge >= 0.3 is 5.97 Å². The van der Waals surface area contributed by atoms with Gasteiger partial charge in [0.15, 0.2) is 0 Å². The van der Waals surface area contributed by atoms with Crippen LogP contribution in [0.15, 0.2) is 18.2 Å². The maximum Gasteiger partial charge on any atom is 0.306 e. The van der Waals surface area contributed by atoms with E-state index in [-0.39, 0.29) is 25.6 Å². The molecule has 0 amide bonds. The molecule has 5 nitrogen and oxygen atoms in total. The number of aliphatic hydroxyl groups is 1. The van der Waals surface area contributed by atoms with Crippen LogP contribution in [0.2, 0.25) is 10.0 Å². The van der Waals surface area contributed by atoms with E-state index in [1.807, 2.05) is 0 Å². The van der Waals surface area contributed by atoms with Crippen LogP contribution >= 0.6 is 23.2 Å². The van der Waals surface area contributed by atoms with Crippen molar-refractivity contribution >= 4 is 29.2 Å².